The minimum absolute atomic E-state index is 0.928. The third-order valence-electron chi connectivity index (χ3n) is 2.16. The van der Waals surface area contributed by atoms with Crippen LogP contribution >= 0.6 is 11.3 Å². The number of aromatic nitrogens is 1. The molecule has 0 aliphatic heterocycles. The Labute approximate surface area is 88.0 Å². The summed E-state index contributed by atoms with van der Waals surface area (Å²) in [5, 5.41) is 4.28. The number of benzene rings is 1. The molecule has 2 aromatic rings. The summed E-state index contributed by atoms with van der Waals surface area (Å²) in [5.41, 5.74) is 3.71. The van der Waals surface area contributed by atoms with Crippen molar-refractivity contribution in [2.24, 2.45) is 0 Å². The number of hydrogen-bond acceptors (Lipinski definition) is 3. The van der Waals surface area contributed by atoms with E-state index in [0.717, 1.165) is 17.2 Å². The molecule has 0 radical (unpaired) electrons. The topological polar surface area (TPSA) is 24.9 Å². The van der Waals surface area contributed by atoms with Gasteiger partial charge in [0.05, 0.1) is 10.2 Å². The number of aryl methyl sites for hydroxylation is 2. The van der Waals surface area contributed by atoms with Gasteiger partial charge in [-0.25, -0.2) is 4.98 Å². The van der Waals surface area contributed by atoms with E-state index in [1.54, 1.807) is 11.3 Å². The molecule has 0 saturated heterocycles. The molecule has 0 fully saturated rings. The Kier molecular flexibility index (Phi) is 2.42. The van der Waals surface area contributed by atoms with Gasteiger partial charge in [0.2, 0.25) is 0 Å². The second-order valence-electron chi connectivity index (χ2n) is 3.48. The standard InChI is InChI=1S/C11H14N2S/c1-4-12-11-13-10-8(3)5-7(2)6-9(10)14-11/h5-6H,4H2,1-3H3,(H,12,13). The predicted molar refractivity (Wildman–Crippen MR) is 63.3 cm³/mol. The van der Waals surface area contributed by atoms with Gasteiger partial charge in [-0.3, -0.25) is 0 Å². The number of hydrogen-bond donors (Lipinski definition) is 1. The van der Waals surface area contributed by atoms with Crippen molar-refractivity contribution >= 4 is 26.7 Å². The van der Waals surface area contributed by atoms with E-state index in [4.69, 9.17) is 0 Å². The fourth-order valence-electron chi connectivity index (χ4n) is 1.60. The van der Waals surface area contributed by atoms with Crippen molar-refractivity contribution < 1.29 is 0 Å². The van der Waals surface area contributed by atoms with Crippen LogP contribution in [0.25, 0.3) is 10.2 Å². The number of nitrogens with zero attached hydrogens (tertiary/aromatic N) is 1. The monoisotopic (exact) mass is 206 g/mol. The maximum Gasteiger partial charge on any atom is 0.183 e. The van der Waals surface area contributed by atoms with Gasteiger partial charge in [0, 0.05) is 6.54 Å². The van der Waals surface area contributed by atoms with Gasteiger partial charge in [-0.15, -0.1) is 0 Å². The van der Waals surface area contributed by atoms with Crippen LogP contribution in [0.1, 0.15) is 18.1 Å². The molecular formula is C11H14N2S. The molecule has 2 rings (SSSR count). The zero-order chi connectivity index (χ0) is 10.1. The van der Waals surface area contributed by atoms with Crippen molar-refractivity contribution in [3.05, 3.63) is 23.3 Å². The molecule has 0 aliphatic carbocycles. The summed E-state index contributed by atoms with van der Waals surface area (Å²) in [6, 6.07) is 4.37. The second kappa shape index (κ2) is 3.58. The number of anilines is 1. The zero-order valence-corrected chi connectivity index (χ0v) is 9.53. The largest absolute Gasteiger partial charge is 0.362 e. The van der Waals surface area contributed by atoms with Crippen molar-refractivity contribution in [3.63, 3.8) is 0 Å². The Hall–Kier alpha value is -1.09. The lowest BCUT2D eigenvalue weighted by molar-refractivity contribution is 1.20. The first kappa shape index (κ1) is 9.46. The van der Waals surface area contributed by atoms with Crippen LogP contribution in [0, 0.1) is 13.8 Å². The number of nitrogens with one attached hydrogen (secondary N) is 1. The highest BCUT2D eigenvalue weighted by Gasteiger charge is 2.05. The number of thiazole rings is 1. The van der Waals surface area contributed by atoms with Crippen LogP contribution in [0.2, 0.25) is 0 Å². The molecule has 74 valence electrons. The molecule has 0 unspecified atom stereocenters. The van der Waals surface area contributed by atoms with Crippen LogP contribution in [0.15, 0.2) is 12.1 Å². The van der Waals surface area contributed by atoms with E-state index in [0.29, 0.717) is 0 Å². The van der Waals surface area contributed by atoms with Crippen LogP contribution < -0.4 is 5.32 Å². The van der Waals surface area contributed by atoms with Crippen molar-refractivity contribution in [2.45, 2.75) is 20.8 Å². The van der Waals surface area contributed by atoms with Crippen molar-refractivity contribution in [3.8, 4) is 0 Å². The van der Waals surface area contributed by atoms with E-state index in [2.05, 4.69) is 43.2 Å². The van der Waals surface area contributed by atoms with Crippen LogP contribution in [0.5, 0.6) is 0 Å². The van der Waals surface area contributed by atoms with Gasteiger partial charge in [-0.1, -0.05) is 17.4 Å². The third kappa shape index (κ3) is 1.60. The van der Waals surface area contributed by atoms with Crippen LogP contribution in [0.3, 0.4) is 0 Å². The smallest absolute Gasteiger partial charge is 0.183 e. The summed E-state index contributed by atoms with van der Waals surface area (Å²) in [6.07, 6.45) is 0. The lowest BCUT2D eigenvalue weighted by Gasteiger charge is -1.95. The number of rotatable bonds is 2. The van der Waals surface area contributed by atoms with Crippen molar-refractivity contribution in [1.29, 1.82) is 0 Å². The molecule has 3 heteroatoms. The molecule has 1 heterocycles. The summed E-state index contributed by atoms with van der Waals surface area (Å²) >= 11 is 1.73. The Balaban J connectivity index is 2.58. The SMILES string of the molecule is CCNc1nc2c(C)cc(C)cc2s1. The first-order valence-electron chi connectivity index (χ1n) is 4.82. The fourth-order valence-corrected chi connectivity index (χ4v) is 2.71. The average Bonchev–Trinajstić information content (AvgIpc) is 2.48. The van der Waals surface area contributed by atoms with Crippen molar-refractivity contribution in [1.82, 2.24) is 4.98 Å². The highest BCUT2D eigenvalue weighted by Crippen LogP contribution is 2.28. The highest BCUT2D eigenvalue weighted by atomic mass is 32.1. The molecule has 0 aliphatic rings. The van der Waals surface area contributed by atoms with E-state index in [1.807, 2.05) is 0 Å². The minimum atomic E-state index is 0.928. The first-order chi connectivity index (χ1) is 6.70. The first-order valence-corrected chi connectivity index (χ1v) is 5.64. The van der Waals surface area contributed by atoms with Gasteiger partial charge in [-0.2, -0.15) is 0 Å². The Bertz CT molecular complexity index is 460. The molecule has 0 amide bonds. The van der Waals surface area contributed by atoms with Crippen LogP contribution in [-0.2, 0) is 0 Å². The van der Waals surface area contributed by atoms with E-state index in [1.165, 1.54) is 15.8 Å². The summed E-state index contributed by atoms with van der Waals surface area (Å²) in [4.78, 5) is 4.55. The molecule has 1 aromatic heterocycles. The second-order valence-corrected chi connectivity index (χ2v) is 4.51. The quantitative estimate of drug-likeness (QED) is 0.815. The van der Waals surface area contributed by atoms with Gasteiger partial charge in [0.15, 0.2) is 5.13 Å². The third-order valence-corrected chi connectivity index (χ3v) is 3.12. The van der Waals surface area contributed by atoms with Crippen molar-refractivity contribution in [2.75, 3.05) is 11.9 Å². The number of fused-ring (bicyclic) bond motifs is 1. The molecule has 0 spiro atoms. The van der Waals surface area contributed by atoms with Gasteiger partial charge in [0.1, 0.15) is 0 Å². The summed E-state index contributed by atoms with van der Waals surface area (Å²) in [5.74, 6) is 0. The molecule has 0 saturated carbocycles. The lowest BCUT2D eigenvalue weighted by atomic mass is 10.1. The van der Waals surface area contributed by atoms with Gasteiger partial charge in [-0.05, 0) is 38.0 Å². The van der Waals surface area contributed by atoms with E-state index >= 15 is 0 Å². The molecular weight excluding hydrogens is 192 g/mol. The minimum Gasteiger partial charge on any atom is -0.362 e. The van der Waals surface area contributed by atoms with E-state index < -0.39 is 0 Å². The maximum absolute atomic E-state index is 4.55. The van der Waals surface area contributed by atoms with Gasteiger partial charge >= 0.3 is 0 Å². The Morgan fingerprint density at radius 1 is 1.36 bits per heavy atom. The lowest BCUT2D eigenvalue weighted by Crippen LogP contribution is -1.94. The van der Waals surface area contributed by atoms with E-state index in [-0.39, 0.29) is 0 Å². The normalized spacial score (nSPS) is 10.8. The summed E-state index contributed by atoms with van der Waals surface area (Å²) in [6.45, 7) is 7.26. The highest BCUT2D eigenvalue weighted by molar-refractivity contribution is 7.22. The molecule has 1 N–H and O–H groups in total. The molecule has 14 heavy (non-hydrogen) atoms. The zero-order valence-electron chi connectivity index (χ0n) is 8.72. The summed E-state index contributed by atoms with van der Waals surface area (Å²) in [7, 11) is 0. The Morgan fingerprint density at radius 2 is 2.14 bits per heavy atom. The van der Waals surface area contributed by atoms with E-state index in [9.17, 15) is 0 Å². The maximum atomic E-state index is 4.55. The fraction of sp³-hybridized carbons (Fsp3) is 0.364. The average molecular weight is 206 g/mol. The van der Waals surface area contributed by atoms with Gasteiger partial charge in [0.25, 0.3) is 0 Å². The molecule has 0 atom stereocenters. The molecule has 0 bridgehead atoms. The molecule has 1 aromatic carbocycles. The van der Waals surface area contributed by atoms with Gasteiger partial charge < -0.3 is 5.32 Å². The van der Waals surface area contributed by atoms with Crippen LogP contribution in [0.4, 0.5) is 5.13 Å². The Morgan fingerprint density at radius 3 is 2.86 bits per heavy atom. The summed E-state index contributed by atoms with van der Waals surface area (Å²) < 4.78 is 1.28. The van der Waals surface area contributed by atoms with Crippen LogP contribution in [-0.4, -0.2) is 11.5 Å². The molecule has 2 nitrogen and oxygen atoms in total. The predicted octanol–water partition coefficient (Wildman–Crippen LogP) is 3.34.